The number of carbonyl (C=O) groups excluding carboxylic acids is 1. The van der Waals surface area contributed by atoms with Gasteiger partial charge in [-0.05, 0) is 86.7 Å². The molecule has 5 aromatic heterocycles. The van der Waals surface area contributed by atoms with Gasteiger partial charge in [-0.15, -0.1) is 0 Å². The van der Waals surface area contributed by atoms with Gasteiger partial charge in [-0.2, -0.15) is 5.10 Å². The topological polar surface area (TPSA) is 125 Å². The highest BCUT2D eigenvalue weighted by Gasteiger charge is 2.19. The van der Waals surface area contributed by atoms with Crippen LogP contribution in [0.2, 0.25) is 0 Å². The maximum atomic E-state index is 14.8. The third-order valence-electron chi connectivity index (χ3n) is 9.78. The van der Waals surface area contributed by atoms with Gasteiger partial charge in [0.2, 0.25) is 5.91 Å². The summed E-state index contributed by atoms with van der Waals surface area (Å²) in [5, 5.41) is 11.6. The fraction of sp³-hybridized carbons (Fsp3) is 0.342. The number of H-pyrrole nitrogens is 2. The van der Waals surface area contributed by atoms with E-state index in [1.165, 1.54) is 44.2 Å². The quantitative estimate of drug-likeness (QED) is 0.137. The summed E-state index contributed by atoms with van der Waals surface area (Å²) in [5.74, 6) is 0.622. The number of aromatic nitrogens is 6. The van der Waals surface area contributed by atoms with Gasteiger partial charge < -0.3 is 15.0 Å². The Bertz CT molecular complexity index is 2110. The average molecular weight is 659 g/mol. The summed E-state index contributed by atoms with van der Waals surface area (Å²) in [6.45, 7) is 3.52. The highest BCUT2D eigenvalue weighted by atomic mass is 19.1. The van der Waals surface area contributed by atoms with Crippen LogP contribution in [-0.4, -0.2) is 67.2 Å². The van der Waals surface area contributed by atoms with Crippen LogP contribution in [0.25, 0.3) is 55.7 Å². The summed E-state index contributed by atoms with van der Waals surface area (Å²) in [5.41, 5.74) is 7.28. The molecule has 1 aromatic carbocycles. The highest BCUT2D eigenvalue weighted by molar-refractivity contribution is 6.00. The molecule has 6 aromatic rings. The standard InChI is InChI=1S/C38H39FN8O2/c39-27-15-25(17-29(18-27)49-13-12-47-10-4-5-11-47)31-22-41-23-35-30(31)19-34(43-35)38-37-33(45-46-38)9-8-32(44-37)26-16-28(21-40-20-26)42-36(48)14-24-6-2-1-3-7-24/h8-9,15-24,43H,1-7,10-14H2,(H,42,48)(H,45,46). The summed E-state index contributed by atoms with van der Waals surface area (Å²) in [6.07, 6.45) is 15.8. The highest BCUT2D eigenvalue weighted by Crippen LogP contribution is 2.35. The van der Waals surface area contributed by atoms with Crippen molar-refractivity contribution in [3.63, 3.8) is 0 Å². The van der Waals surface area contributed by atoms with E-state index in [2.05, 4.69) is 35.4 Å². The molecule has 1 amide bonds. The van der Waals surface area contributed by atoms with Gasteiger partial charge in [-0.25, -0.2) is 9.37 Å². The number of pyridine rings is 3. The number of carbonyl (C=O) groups is 1. The van der Waals surface area contributed by atoms with Gasteiger partial charge in [0.1, 0.15) is 29.4 Å². The Labute approximate surface area is 283 Å². The predicted octanol–water partition coefficient (Wildman–Crippen LogP) is 7.75. The lowest BCUT2D eigenvalue weighted by atomic mass is 9.87. The van der Waals surface area contributed by atoms with E-state index in [1.54, 1.807) is 24.8 Å². The summed E-state index contributed by atoms with van der Waals surface area (Å²) >= 11 is 0. The van der Waals surface area contributed by atoms with Crippen LogP contribution in [0.4, 0.5) is 10.1 Å². The first-order valence-corrected chi connectivity index (χ1v) is 17.3. The van der Waals surface area contributed by atoms with Crippen LogP contribution >= 0.6 is 0 Å². The number of ether oxygens (including phenoxy) is 1. The third kappa shape index (κ3) is 6.89. The number of benzene rings is 1. The fourth-order valence-corrected chi connectivity index (χ4v) is 7.27. The largest absolute Gasteiger partial charge is 0.492 e. The number of amides is 1. The minimum absolute atomic E-state index is 0.0264. The third-order valence-corrected chi connectivity index (χ3v) is 9.78. The fourth-order valence-electron chi connectivity index (χ4n) is 7.27. The van der Waals surface area contributed by atoms with Crippen molar-refractivity contribution in [2.24, 2.45) is 5.92 Å². The van der Waals surface area contributed by atoms with E-state index in [-0.39, 0.29) is 11.7 Å². The molecule has 3 N–H and O–H groups in total. The number of hydrogen-bond acceptors (Lipinski definition) is 7. The lowest BCUT2D eigenvalue weighted by molar-refractivity contribution is -0.117. The van der Waals surface area contributed by atoms with Crippen molar-refractivity contribution in [1.29, 1.82) is 0 Å². The molecule has 2 fully saturated rings. The first kappa shape index (κ1) is 31.1. The number of aromatic amines is 2. The molecule has 0 bridgehead atoms. The Morgan fingerprint density at radius 2 is 1.78 bits per heavy atom. The Kier molecular flexibility index (Phi) is 8.74. The molecule has 0 radical (unpaired) electrons. The summed E-state index contributed by atoms with van der Waals surface area (Å²) in [4.78, 5) is 32.4. The van der Waals surface area contributed by atoms with E-state index in [9.17, 15) is 9.18 Å². The first-order chi connectivity index (χ1) is 24.1. The van der Waals surface area contributed by atoms with Gasteiger partial charge in [0.25, 0.3) is 0 Å². The molecular weight excluding hydrogens is 619 g/mol. The van der Waals surface area contributed by atoms with Crippen LogP contribution in [0.1, 0.15) is 51.4 Å². The number of fused-ring (bicyclic) bond motifs is 2. The molecule has 1 saturated heterocycles. The van der Waals surface area contributed by atoms with Crippen LogP contribution in [0.5, 0.6) is 5.75 Å². The first-order valence-electron chi connectivity index (χ1n) is 17.3. The maximum absolute atomic E-state index is 14.8. The monoisotopic (exact) mass is 658 g/mol. The number of halogens is 1. The van der Waals surface area contributed by atoms with E-state index in [0.717, 1.165) is 65.7 Å². The lowest BCUT2D eigenvalue weighted by Gasteiger charge is -2.20. The van der Waals surface area contributed by atoms with Gasteiger partial charge in [0, 0.05) is 47.9 Å². The van der Waals surface area contributed by atoms with Crippen molar-refractivity contribution in [3.8, 4) is 39.5 Å². The Morgan fingerprint density at radius 1 is 0.918 bits per heavy atom. The van der Waals surface area contributed by atoms with Crippen molar-refractivity contribution < 1.29 is 13.9 Å². The number of rotatable bonds is 10. The Hall–Kier alpha value is -5.16. The van der Waals surface area contributed by atoms with Gasteiger partial charge in [-0.1, -0.05) is 19.3 Å². The zero-order valence-corrected chi connectivity index (χ0v) is 27.3. The van der Waals surface area contributed by atoms with E-state index in [1.807, 2.05) is 30.3 Å². The molecular formula is C38H39FN8O2. The Balaban J connectivity index is 1.05. The van der Waals surface area contributed by atoms with Crippen molar-refractivity contribution in [3.05, 3.63) is 73.1 Å². The molecule has 1 aliphatic heterocycles. The summed E-state index contributed by atoms with van der Waals surface area (Å²) < 4.78 is 20.8. The number of anilines is 1. The minimum atomic E-state index is -0.362. The molecule has 1 saturated carbocycles. The average Bonchev–Trinajstić information content (AvgIpc) is 3.88. The number of nitrogens with one attached hydrogen (secondary N) is 3. The summed E-state index contributed by atoms with van der Waals surface area (Å²) in [7, 11) is 0. The maximum Gasteiger partial charge on any atom is 0.224 e. The van der Waals surface area contributed by atoms with Crippen molar-refractivity contribution in [1.82, 2.24) is 35.0 Å². The molecule has 250 valence electrons. The van der Waals surface area contributed by atoms with Crippen molar-refractivity contribution in [2.45, 2.75) is 51.4 Å². The van der Waals surface area contributed by atoms with E-state index < -0.39 is 0 Å². The molecule has 11 heteroatoms. The van der Waals surface area contributed by atoms with E-state index in [4.69, 9.17) is 9.72 Å². The van der Waals surface area contributed by atoms with Gasteiger partial charge in [0.05, 0.1) is 40.5 Å². The van der Waals surface area contributed by atoms with Gasteiger partial charge in [-0.3, -0.25) is 24.8 Å². The van der Waals surface area contributed by atoms with Crippen LogP contribution in [0, 0.1) is 11.7 Å². The van der Waals surface area contributed by atoms with Crippen molar-refractivity contribution >= 4 is 33.5 Å². The molecule has 0 spiro atoms. The second-order valence-corrected chi connectivity index (χ2v) is 13.3. The van der Waals surface area contributed by atoms with Crippen LogP contribution in [0.15, 0.2) is 67.3 Å². The molecule has 49 heavy (non-hydrogen) atoms. The lowest BCUT2D eigenvalue weighted by Crippen LogP contribution is -2.25. The molecule has 2 aliphatic rings. The van der Waals surface area contributed by atoms with Crippen LogP contribution in [0.3, 0.4) is 0 Å². The van der Waals surface area contributed by atoms with Gasteiger partial charge >= 0.3 is 0 Å². The second kappa shape index (κ2) is 13.8. The van der Waals surface area contributed by atoms with Gasteiger partial charge in [0.15, 0.2) is 0 Å². The zero-order chi connectivity index (χ0) is 33.2. The number of nitrogens with zero attached hydrogens (tertiary/aromatic N) is 5. The molecule has 10 nitrogen and oxygen atoms in total. The zero-order valence-electron chi connectivity index (χ0n) is 27.3. The normalized spacial score (nSPS) is 15.7. The van der Waals surface area contributed by atoms with E-state index >= 15 is 0 Å². The molecule has 0 unspecified atom stereocenters. The number of likely N-dealkylation sites (tertiary alicyclic amines) is 1. The van der Waals surface area contributed by atoms with E-state index in [0.29, 0.717) is 52.9 Å². The Morgan fingerprint density at radius 3 is 2.65 bits per heavy atom. The molecule has 6 heterocycles. The molecule has 8 rings (SSSR count). The SMILES string of the molecule is O=C(CC1CCCCC1)Nc1cncc(-c2ccc3[nH]nc(-c4cc5c(-c6cc(F)cc(OCCN7CCCC7)c6)cncc5[nH]4)c3n2)c1. The second-order valence-electron chi connectivity index (χ2n) is 13.3. The minimum Gasteiger partial charge on any atom is -0.492 e. The van der Waals surface area contributed by atoms with Crippen LogP contribution in [-0.2, 0) is 4.79 Å². The molecule has 1 aliphatic carbocycles. The summed E-state index contributed by atoms with van der Waals surface area (Å²) in [6, 6.07) is 12.6. The van der Waals surface area contributed by atoms with Crippen LogP contribution < -0.4 is 10.1 Å². The van der Waals surface area contributed by atoms with Crippen molar-refractivity contribution in [2.75, 3.05) is 31.6 Å². The smallest absolute Gasteiger partial charge is 0.224 e. The molecule has 0 atom stereocenters. The predicted molar refractivity (Wildman–Crippen MR) is 189 cm³/mol. The number of hydrogen-bond donors (Lipinski definition) is 3.